The normalized spacial score (nSPS) is 17.7. The Balaban J connectivity index is 0.00000288. The zero-order chi connectivity index (χ0) is 16.7. The number of nitrogens with zero attached hydrogens (tertiary/aromatic N) is 5. The van der Waals surface area contributed by atoms with Crippen LogP contribution < -0.4 is 15.5 Å². The number of hydrogen-bond acceptors (Lipinski definition) is 5. The molecule has 134 valence electrons. The van der Waals surface area contributed by atoms with E-state index in [0.29, 0.717) is 5.96 Å². The molecule has 1 aliphatic rings. The lowest BCUT2D eigenvalue weighted by molar-refractivity contribution is -0.127. The molecule has 0 bridgehead atoms. The molecule has 1 saturated heterocycles. The van der Waals surface area contributed by atoms with Crippen LogP contribution in [0.25, 0.3) is 0 Å². The Bertz CT molecular complexity index is 538. The SMILES string of the molecule is CN=C(NCC(=O)N(C)C)NC1CCCN(c2ncccn2)C1.I. The van der Waals surface area contributed by atoms with Crippen LogP contribution in [-0.4, -0.2) is 73.6 Å². The van der Waals surface area contributed by atoms with Gasteiger partial charge in [-0.05, 0) is 18.9 Å². The fraction of sp³-hybridized carbons (Fsp3) is 0.600. The maximum atomic E-state index is 11.6. The molecule has 9 heteroatoms. The minimum atomic E-state index is 0. The van der Waals surface area contributed by atoms with Crippen LogP contribution in [-0.2, 0) is 4.79 Å². The van der Waals surface area contributed by atoms with Crippen LogP contribution in [0.5, 0.6) is 0 Å². The Labute approximate surface area is 160 Å². The predicted octanol–water partition coefficient (Wildman–Crippen LogP) is 0.317. The Kier molecular flexibility index (Phi) is 8.72. The third-order valence-corrected chi connectivity index (χ3v) is 3.73. The number of piperidine rings is 1. The number of carbonyl (C=O) groups excluding carboxylic acids is 1. The molecule has 1 aliphatic heterocycles. The molecule has 2 heterocycles. The third-order valence-electron chi connectivity index (χ3n) is 3.73. The first-order valence-electron chi connectivity index (χ1n) is 7.79. The number of rotatable bonds is 4. The van der Waals surface area contributed by atoms with Crippen molar-refractivity contribution in [1.29, 1.82) is 0 Å². The van der Waals surface area contributed by atoms with E-state index in [1.165, 1.54) is 0 Å². The molecule has 1 atom stereocenters. The van der Waals surface area contributed by atoms with E-state index in [1.54, 1.807) is 38.4 Å². The summed E-state index contributed by atoms with van der Waals surface area (Å²) in [5.41, 5.74) is 0. The van der Waals surface area contributed by atoms with Crippen molar-refractivity contribution in [3.8, 4) is 0 Å². The second-order valence-corrected chi connectivity index (χ2v) is 5.69. The standard InChI is InChI=1S/C15H25N7O.HI/c1-16-14(19-10-13(23)21(2)3)20-12-6-4-9-22(11-12)15-17-7-5-8-18-15;/h5,7-8,12H,4,6,9-11H2,1-3H3,(H2,16,19,20);1H. The molecule has 2 N–H and O–H groups in total. The molecule has 1 fully saturated rings. The number of halogens is 1. The van der Waals surface area contributed by atoms with Crippen LogP contribution in [0.2, 0.25) is 0 Å². The van der Waals surface area contributed by atoms with Gasteiger partial charge in [0, 0.05) is 52.7 Å². The maximum Gasteiger partial charge on any atom is 0.241 e. The largest absolute Gasteiger partial charge is 0.352 e. The fourth-order valence-corrected chi connectivity index (χ4v) is 2.44. The van der Waals surface area contributed by atoms with Crippen molar-refractivity contribution in [2.24, 2.45) is 4.99 Å². The van der Waals surface area contributed by atoms with Crippen LogP contribution in [0.3, 0.4) is 0 Å². The second-order valence-electron chi connectivity index (χ2n) is 5.69. The molecule has 0 radical (unpaired) electrons. The maximum absolute atomic E-state index is 11.6. The molecule has 2 rings (SSSR count). The van der Waals surface area contributed by atoms with Gasteiger partial charge >= 0.3 is 0 Å². The Morgan fingerprint density at radius 2 is 2.12 bits per heavy atom. The predicted molar refractivity (Wildman–Crippen MR) is 106 cm³/mol. The van der Waals surface area contributed by atoms with Crippen molar-refractivity contribution in [3.05, 3.63) is 18.5 Å². The van der Waals surface area contributed by atoms with E-state index < -0.39 is 0 Å². The topological polar surface area (TPSA) is 85.8 Å². The van der Waals surface area contributed by atoms with Crippen molar-refractivity contribution in [1.82, 2.24) is 25.5 Å². The Morgan fingerprint density at radius 3 is 2.75 bits per heavy atom. The number of guanidine groups is 1. The van der Waals surface area contributed by atoms with Crippen molar-refractivity contribution < 1.29 is 4.79 Å². The van der Waals surface area contributed by atoms with Gasteiger partial charge in [-0.2, -0.15) is 0 Å². The third kappa shape index (κ3) is 6.10. The monoisotopic (exact) mass is 447 g/mol. The summed E-state index contributed by atoms with van der Waals surface area (Å²) in [4.78, 5) is 28.2. The average Bonchev–Trinajstić information content (AvgIpc) is 2.59. The molecule has 1 amide bonds. The number of hydrogen-bond donors (Lipinski definition) is 2. The number of nitrogens with one attached hydrogen (secondary N) is 2. The van der Waals surface area contributed by atoms with E-state index in [9.17, 15) is 4.79 Å². The van der Waals surface area contributed by atoms with Gasteiger partial charge in [-0.15, -0.1) is 24.0 Å². The molecule has 0 spiro atoms. The Hall–Kier alpha value is -1.65. The zero-order valence-electron chi connectivity index (χ0n) is 14.4. The lowest BCUT2D eigenvalue weighted by atomic mass is 10.1. The van der Waals surface area contributed by atoms with Gasteiger partial charge < -0.3 is 20.4 Å². The summed E-state index contributed by atoms with van der Waals surface area (Å²) >= 11 is 0. The van der Waals surface area contributed by atoms with Crippen LogP contribution in [0, 0.1) is 0 Å². The summed E-state index contributed by atoms with van der Waals surface area (Å²) in [6, 6.07) is 2.06. The fourth-order valence-electron chi connectivity index (χ4n) is 2.44. The molecule has 24 heavy (non-hydrogen) atoms. The van der Waals surface area contributed by atoms with Gasteiger partial charge in [-0.3, -0.25) is 9.79 Å². The van der Waals surface area contributed by atoms with Gasteiger partial charge in [0.15, 0.2) is 5.96 Å². The van der Waals surface area contributed by atoms with Gasteiger partial charge in [0.1, 0.15) is 0 Å². The minimum Gasteiger partial charge on any atom is -0.352 e. The summed E-state index contributed by atoms with van der Waals surface area (Å²) in [6.45, 7) is 1.99. The van der Waals surface area contributed by atoms with E-state index in [2.05, 4.69) is 30.5 Å². The van der Waals surface area contributed by atoms with E-state index >= 15 is 0 Å². The summed E-state index contributed by atoms with van der Waals surface area (Å²) in [5.74, 6) is 1.40. The number of amides is 1. The van der Waals surface area contributed by atoms with Crippen LogP contribution >= 0.6 is 24.0 Å². The van der Waals surface area contributed by atoms with Gasteiger partial charge in [0.25, 0.3) is 0 Å². The van der Waals surface area contributed by atoms with Crippen LogP contribution in [0.1, 0.15) is 12.8 Å². The lowest BCUT2D eigenvalue weighted by Crippen LogP contribution is -2.52. The smallest absolute Gasteiger partial charge is 0.241 e. The highest BCUT2D eigenvalue weighted by Gasteiger charge is 2.22. The molecule has 0 saturated carbocycles. The first kappa shape index (κ1) is 20.4. The second kappa shape index (κ2) is 10.3. The molecule has 8 nitrogen and oxygen atoms in total. The van der Waals surface area contributed by atoms with Crippen molar-refractivity contribution in [3.63, 3.8) is 0 Å². The number of aromatic nitrogens is 2. The van der Waals surface area contributed by atoms with Crippen molar-refractivity contribution >= 4 is 41.8 Å². The number of carbonyl (C=O) groups is 1. The van der Waals surface area contributed by atoms with Crippen LogP contribution in [0.4, 0.5) is 5.95 Å². The van der Waals surface area contributed by atoms with E-state index in [1.807, 2.05) is 6.07 Å². The number of likely N-dealkylation sites (N-methyl/N-ethyl adjacent to an activating group) is 1. The molecule has 0 aromatic carbocycles. The highest BCUT2D eigenvalue weighted by molar-refractivity contribution is 14.0. The molecular weight excluding hydrogens is 421 g/mol. The van der Waals surface area contributed by atoms with Gasteiger partial charge in [-0.25, -0.2) is 9.97 Å². The first-order chi connectivity index (χ1) is 11.1. The van der Waals surface area contributed by atoms with Gasteiger partial charge in [-0.1, -0.05) is 0 Å². The number of anilines is 1. The summed E-state index contributed by atoms with van der Waals surface area (Å²) < 4.78 is 0. The Morgan fingerprint density at radius 1 is 1.42 bits per heavy atom. The molecule has 1 aromatic heterocycles. The number of aliphatic imine (C=N–C) groups is 1. The van der Waals surface area contributed by atoms with E-state index in [-0.39, 0.29) is 42.5 Å². The van der Waals surface area contributed by atoms with Crippen LogP contribution in [0.15, 0.2) is 23.5 Å². The molecule has 1 aromatic rings. The van der Waals surface area contributed by atoms with E-state index in [0.717, 1.165) is 31.9 Å². The average molecular weight is 447 g/mol. The summed E-state index contributed by atoms with van der Waals surface area (Å²) in [6.07, 6.45) is 5.62. The highest BCUT2D eigenvalue weighted by atomic mass is 127. The van der Waals surface area contributed by atoms with Gasteiger partial charge in [0.05, 0.1) is 6.54 Å². The summed E-state index contributed by atoms with van der Waals surface area (Å²) in [5, 5.41) is 6.42. The highest BCUT2D eigenvalue weighted by Crippen LogP contribution is 2.15. The first-order valence-corrected chi connectivity index (χ1v) is 7.79. The summed E-state index contributed by atoms with van der Waals surface area (Å²) in [7, 11) is 5.18. The molecule has 1 unspecified atom stereocenters. The van der Waals surface area contributed by atoms with Gasteiger partial charge in [0.2, 0.25) is 11.9 Å². The zero-order valence-corrected chi connectivity index (χ0v) is 16.7. The van der Waals surface area contributed by atoms with E-state index in [4.69, 9.17) is 0 Å². The molecule has 0 aliphatic carbocycles. The quantitative estimate of drug-likeness (QED) is 0.393. The van der Waals surface area contributed by atoms with Crippen molar-refractivity contribution in [2.45, 2.75) is 18.9 Å². The lowest BCUT2D eigenvalue weighted by Gasteiger charge is -2.33. The minimum absolute atomic E-state index is 0. The van der Waals surface area contributed by atoms with Crippen molar-refractivity contribution in [2.75, 3.05) is 45.7 Å². The molecular formula is C15H26IN7O.